The Balaban J connectivity index is 2.27. The molecule has 0 aromatic rings. The molecule has 0 saturated heterocycles. The molecule has 1 saturated carbocycles. The molecule has 0 aliphatic heterocycles. The molecule has 0 radical (unpaired) electrons. The first-order chi connectivity index (χ1) is 5.72. The van der Waals surface area contributed by atoms with Crippen molar-refractivity contribution in [2.24, 2.45) is 5.92 Å². The van der Waals surface area contributed by atoms with Crippen LogP contribution in [-0.2, 0) is 0 Å². The lowest BCUT2D eigenvalue weighted by atomic mass is 9.87. The average molecular weight is 168 g/mol. The van der Waals surface area contributed by atoms with Gasteiger partial charge >= 0.3 is 6.09 Å². The molecule has 0 spiro atoms. The van der Waals surface area contributed by atoms with Gasteiger partial charge in [-0.1, -0.05) is 0 Å². The van der Waals surface area contributed by atoms with E-state index in [9.17, 15) is 4.79 Å². The fourth-order valence-electron chi connectivity index (χ4n) is 1.54. The third kappa shape index (κ3) is 2.42. The summed E-state index contributed by atoms with van der Waals surface area (Å²) in [5, 5.41) is 19.4. The van der Waals surface area contributed by atoms with Gasteiger partial charge < -0.3 is 10.4 Å². The van der Waals surface area contributed by atoms with Crippen molar-refractivity contribution in [3.05, 3.63) is 0 Å². The summed E-state index contributed by atoms with van der Waals surface area (Å²) in [6, 6.07) is 2.26. The van der Waals surface area contributed by atoms with Crippen LogP contribution in [-0.4, -0.2) is 17.2 Å². The lowest BCUT2D eigenvalue weighted by molar-refractivity contribution is 0.184. The van der Waals surface area contributed by atoms with E-state index in [-0.39, 0.29) is 12.0 Å². The average Bonchev–Trinajstić information content (AvgIpc) is 2.05. The minimum atomic E-state index is -0.963. The van der Waals surface area contributed by atoms with Gasteiger partial charge in [0.1, 0.15) is 0 Å². The number of hydrogen-bond acceptors (Lipinski definition) is 2. The Hall–Kier alpha value is -1.24. The van der Waals surface area contributed by atoms with Gasteiger partial charge in [-0.15, -0.1) is 0 Å². The Kier molecular flexibility index (Phi) is 2.92. The summed E-state index contributed by atoms with van der Waals surface area (Å²) in [5.74, 6) is 0.136. The highest BCUT2D eigenvalue weighted by molar-refractivity contribution is 5.64. The number of carboxylic acid groups (broad SMARTS) is 1. The first-order valence-electron chi connectivity index (χ1n) is 4.11. The highest BCUT2D eigenvalue weighted by atomic mass is 16.4. The van der Waals surface area contributed by atoms with E-state index in [0.717, 1.165) is 25.7 Å². The molecule has 2 N–H and O–H groups in total. The van der Waals surface area contributed by atoms with Crippen LogP contribution in [0.4, 0.5) is 4.79 Å². The fourth-order valence-corrected chi connectivity index (χ4v) is 1.54. The summed E-state index contributed by atoms with van der Waals surface area (Å²) in [6.45, 7) is 0. The van der Waals surface area contributed by atoms with Gasteiger partial charge in [-0.2, -0.15) is 5.26 Å². The van der Waals surface area contributed by atoms with Crippen molar-refractivity contribution in [3.63, 3.8) is 0 Å². The topological polar surface area (TPSA) is 73.1 Å². The molecule has 0 atom stereocenters. The summed E-state index contributed by atoms with van der Waals surface area (Å²) in [5.41, 5.74) is 0. The second kappa shape index (κ2) is 3.96. The zero-order valence-corrected chi connectivity index (χ0v) is 6.79. The Bertz CT molecular complexity index is 202. The zero-order chi connectivity index (χ0) is 8.97. The van der Waals surface area contributed by atoms with E-state index in [2.05, 4.69) is 11.4 Å². The Morgan fingerprint density at radius 2 is 2.00 bits per heavy atom. The molecule has 1 amide bonds. The van der Waals surface area contributed by atoms with Gasteiger partial charge in [0.2, 0.25) is 0 Å². The van der Waals surface area contributed by atoms with Crippen LogP contribution >= 0.6 is 0 Å². The fraction of sp³-hybridized carbons (Fsp3) is 0.750. The normalized spacial score (nSPS) is 28.9. The molecule has 1 rings (SSSR count). The quantitative estimate of drug-likeness (QED) is 0.620. The van der Waals surface area contributed by atoms with Crippen LogP contribution in [0.1, 0.15) is 25.7 Å². The molecule has 1 aliphatic carbocycles. The zero-order valence-electron chi connectivity index (χ0n) is 6.79. The molecule has 0 heterocycles. The van der Waals surface area contributed by atoms with E-state index in [1.807, 2.05) is 0 Å². The second-order valence-corrected chi connectivity index (χ2v) is 3.13. The lowest BCUT2D eigenvalue weighted by Crippen LogP contribution is -2.36. The van der Waals surface area contributed by atoms with Crippen molar-refractivity contribution in [3.8, 4) is 6.07 Å². The van der Waals surface area contributed by atoms with Gasteiger partial charge in [0.25, 0.3) is 0 Å². The number of carbonyl (C=O) groups is 1. The number of amides is 1. The number of rotatable bonds is 1. The standard InChI is InChI=1S/C8H12N2O2/c9-5-6-1-3-7(4-2-6)10-8(11)12/h6-7,10H,1-4H2,(H,11,12)/t6-,7-. The molecule has 66 valence electrons. The predicted octanol–water partition coefficient (Wildman–Crippen LogP) is 1.34. The van der Waals surface area contributed by atoms with Crippen LogP contribution in [0.15, 0.2) is 0 Å². The van der Waals surface area contributed by atoms with E-state index in [1.165, 1.54) is 0 Å². The van der Waals surface area contributed by atoms with Gasteiger partial charge in [-0.25, -0.2) is 4.79 Å². The maximum absolute atomic E-state index is 10.2. The molecular formula is C8H12N2O2. The molecule has 0 bridgehead atoms. The van der Waals surface area contributed by atoms with Gasteiger partial charge in [0.15, 0.2) is 0 Å². The molecule has 4 nitrogen and oxygen atoms in total. The Labute approximate surface area is 71.2 Å². The molecule has 1 fully saturated rings. The van der Waals surface area contributed by atoms with Crippen LogP contribution in [0, 0.1) is 17.2 Å². The lowest BCUT2D eigenvalue weighted by Gasteiger charge is -2.24. The molecule has 4 heteroatoms. The number of nitrogens with zero attached hydrogens (tertiary/aromatic N) is 1. The minimum absolute atomic E-state index is 0.0621. The van der Waals surface area contributed by atoms with E-state index < -0.39 is 6.09 Å². The molecular weight excluding hydrogens is 156 g/mol. The molecule has 1 aliphatic rings. The van der Waals surface area contributed by atoms with Crippen molar-refractivity contribution in [2.45, 2.75) is 31.7 Å². The van der Waals surface area contributed by atoms with Crippen molar-refractivity contribution in [1.29, 1.82) is 5.26 Å². The van der Waals surface area contributed by atoms with Gasteiger partial charge in [0.05, 0.1) is 6.07 Å². The van der Waals surface area contributed by atoms with Crippen LogP contribution in [0.5, 0.6) is 0 Å². The summed E-state index contributed by atoms with van der Waals surface area (Å²) < 4.78 is 0. The van der Waals surface area contributed by atoms with E-state index in [0.29, 0.717) is 0 Å². The van der Waals surface area contributed by atoms with Crippen LogP contribution in [0.25, 0.3) is 0 Å². The largest absolute Gasteiger partial charge is 0.465 e. The van der Waals surface area contributed by atoms with Crippen molar-refractivity contribution >= 4 is 6.09 Å². The summed E-state index contributed by atoms with van der Waals surface area (Å²) >= 11 is 0. The Morgan fingerprint density at radius 3 is 2.42 bits per heavy atom. The molecule has 0 unspecified atom stereocenters. The summed E-state index contributed by atoms with van der Waals surface area (Å²) in [4.78, 5) is 10.2. The third-order valence-electron chi connectivity index (χ3n) is 2.24. The van der Waals surface area contributed by atoms with E-state index in [4.69, 9.17) is 10.4 Å². The maximum Gasteiger partial charge on any atom is 0.404 e. The first kappa shape index (κ1) is 8.85. The van der Waals surface area contributed by atoms with Crippen LogP contribution in [0.3, 0.4) is 0 Å². The first-order valence-corrected chi connectivity index (χ1v) is 4.11. The Morgan fingerprint density at radius 1 is 1.42 bits per heavy atom. The summed E-state index contributed by atoms with van der Waals surface area (Å²) in [7, 11) is 0. The van der Waals surface area contributed by atoms with Gasteiger partial charge in [-0.05, 0) is 25.7 Å². The van der Waals surface area contributed by atoms with Crippen molar-refractivity contribution < 1.29 is 9.90 Å². The van der Waals surface area contributed by atoms with Crippen LogP contribution < -0.4 is 5.32 Å². The SMILES string of the molecule is N#C[C@H]1CC[C@H](NC(=O)O)CC1. The summed E-state index contributed by atoms with van der Waals surface area (Å²) in [6.07, 6.45) is 2.27. The number of nitriles is 1. The highest BCUT2D eigenvalue weighted by Gasteiger charge is 2.21. The van der Waals surface area contributed by atoms with Gasteiger partial charge in [-0.3, -0.25) is 0 Å². The molecule has 0 aromatic carbocycles. The van der Waals surface area contributed by atoms with Crippen molar-refractivity contribution in [2.75, 3.05) is 0 Å². The third-order valence-corrected chi connectivity index (χ3v) is 2.24. The molecule has 0 aromatic heterocycles. The van der Waals surface area contributed by atoms with Crippen molar-refractivity contribution in [1.82, 2.24) is 5.32 Å². The monoisotopic (exact) mass is 168 g/mol. The predicted molar refractivity (Wildman–Crippen MR) is 42.5 cm³/mol. The number of nitrogens with one attached hydrogen (secondary N) is 1. The van der Waals surface area contributed by atoms with E-state index in [1.54, 1.807) is 0 Å². The second-order valence-electron chi connectivity index (χ2n) is 3.13. The highest BCUT2D eigenvalue weighted by Crippen LogP contribution is 2.23. The maximum atomic E-state index is 10.2. The van der Waals surface area contributed by atoms with Crippen LogP contribution in [0.2, 0.25) is 0 Å². The molecule has 12 heavy (non-hydrogen) atoms. The minimum Gasteiger partial charge on any atom is -0.465 e. The number of hydrogen-bond donors (Lipinski definition) is 2. The smallest absolute Gasteiger partial charge is 0.404 e. The van der Waals surface area contributed by atoms with Gasteiger partial charge in [0, 0.05) is 12.0 Å². The van der Waals surface area contributed by atoms with E-state index >= 15 is 0 Å².